The molecule has 0 bridgehead atoms. The lowest BCUT2D eigenvalue weighted by Crippen LogP contribution is -2.40. The fraction of sp³-hybridized carbons (Fsp3) is 0.333. The third-order valence-corrected chi connectivity index (χ3v) is 7.10. The van der Waals surface area contributed by atoms with E-state index in [1.54, 1.807) is 17.5 Å². The molecule has 0 saturated carbocycles. The first kappa shape index (κ1) is 14.7. The van der Waals surface area contributed by atoms with Gasteiger partial charge in [-0.25, -0.2) is 8.42 Å². The van der Waals surface area contributed by atoms with Gasteiger partial charge in [-0.2, -0.15) is 4.31 Å². The Balaban J connectivity index is 1.88. The Bertz CT molecular complexity index is 683. The fourth-order valence-electron chi connectivity index (χ4n) is 2.73. The predicted octanol–water partition coefficient (Wildman–Crippen LogP) is 2.11. The first-order chi connectivity index (χ1) is 10.1. The summed E-state index contributed by atoms with van der Waals surface area (Å²) in [5, 5.41) is 11.9. The zero-order valence-electron chi connectivity index (χ0n) is 11.4. The van der Waals surface area contributed by atoms with E-state index in [0.29, 0.717) is 23.6 Å². The van der Waals surface area contributed by atoms with Gasteiger partial charge < -0.3 is 5.11 Å². The molecule has 1 aromatic heterocycles. The molecular formula is C15H17NO3S2. The minimum atomic E-state index is -3.51. The quantitative estimate of drug-likeness (QED) is 0.937. The van der Waals surface area contributed by atoms with E-state index < -0.39 is 16.1 Å². The molecule has 1 N–H and O–H groups in total. The van der Waals surface area contributed by atoms with E-state index in [0.717, 1.165) is 5.56 Å². The molecule has 1 aromatic carbocycles. The molecule has 6 heteroatoms. The first-order valence-corrected chi connectivity index (χ1v) is 9.18. The Hall–Kier alpha value is -1.21. The van der Waals surface area contributed by atoms with Crippen molar-refractivity contribution in [2.24, 2.45) is 0 Å². The smallest absolute Gasteiger partial charge is 0.252 e. The number of thiophene rings is 1. The van der Waals surface area contributed by atoms with Gasteiger partial charge in [-0.1, -0.05) is 36.4 Å². The molecule has 4 nitrogen and oxygen atoms in total. The van der Waals surface area contributed by atoms with Crippen LogP contribution in [0.25, 0.3) is 0 Å². The molecule has 2 atom stereocenters. The summed E-state index contributed by atoms with van der Waals surface area (Å²) >= 11 is 1.22. The summed E-state index contributed by atoms with van der Waals surface area (Å²) in [4.78, 5) is 0. The molecule has 21 heavy (non-hydrogen) atoms. The van der Waals surface area contributed by atoms with Gasteiger partial charge in [0.2, 0.25) is 0 Å². The lowest BCUT2D eigenvalue weighted by atomic mass is 10.0. The molecule has 1 fully saturated rings. The van der Waals surface area contributed by atoms with Crippen LogP contribution in [0.1, 0.15) is 12.0 Å². The summed E-state index contributed by atoms with van der Waals surface area (Å²) in [5.41, 5.74) is 1.04. The van der Waals surface area contributed by atoms with Crippen molar-refractivity contribution in [3.8, 4) is 0 Å². The maximum absolute atomic E-state index is 12.7. The highest BCUT2D eigenvalue weighted by Gasteiger charge is 2.41. The zero-order chi connectivity index (χ0) is 14.9. The van der Waals surface area contributed by atoms with Crippen molar-refractivity contribution in [1.82, 2.24) is 4.31 Å². The Morgan fingerprint density at radius 1 is 1.19 bits per heavy atom. The van der Waals surface area contributed by atoms with Crippen LogP contribution in [0, 0.1) is 0 Å². The predicted molar refractivity (Wildman–Crippen MR) is 82.8 cm³/mol. The van der Waals surface area contributed by atoms with E-state index in [2.05, 4.69) is 0 Å². The van der Waals surface area contributed by atoms with E-state index in [-0.39, 0.29) is 6.04 Å². The van der Waals surface area contributed by atoms with E-state index in [1.807, 2.05) is 30.3 Å². The van der Waals surface area contributed by atoms with Crippen LogP contribution in [0.5, 0.6) is 0 Å². The van der Waals surface area contributed by atoms with Crippen LogP contribution in [0.15, 0.2) is 52.1 Å². The summed E-state index contributed by atoms with van der Waals surface area (Å²) in [6.07, 6.45) is 0.411. The topological polar surface area (TPSA) is 57.6 Å². The standard InChI is InChI=1S/C15H17NO3S2/c17-14-8-9-16(21(18,19)15-7-4-10-20-15)13(14)11-12-5-2-1-3-6-12/h1-7,10,13-14,17H,8-9,11H2/t13-,14-/m0/s1. The maximum atomic E-state index is 12.7. The van der Waals surface area contributed by atoms with Crippen LogP contribution >= 0.6 is 11.3 Å². The van der Waals surface area contributed by atoms with E-state index in [4.69, 9.17) is 0 Å². The summed E-state index contributed by atoms with van der Waals surface area (Å²) in [6, 6.07) is 12.7. The molecule has 0 radical (unpaired) electrons. The van der Waals surface area contributed by atoms with Crippen molar-refractivity contribution >= 4 is 21.4 Å². The van der Waals surface area contributed by atoms with Crippen molar-refractivity contribution in [3.63, 3.8) is 0 Å². The van der Waals surface area contributed by atoms with Gasteiger partial charge in [0, 0.05) is 6.54 Å². The number of rotatable bonds is 4. The van der Waals surface area contributed by atoms with Gasteiger partial charge in [-0.05, 0) is 29.9 Å². The van der Waals surface area contributed by atoms with E-state index in [1.165, 1.54) is 15.6 Å². The Morgan fingerprint density at radius 2 is 1.95 bits per heavy atom. The summed E-state index contributed by atoms with van der Waals surface area (Å²) in [7, 11) is -3.51. The van der Waals surface area contributed by atoms with Crippen molar-refractivity contribution in [1.29, 1.82) is 0 Å². The van der Waals surface area contributed by atoms with Gasteiger partial charge in [0.25, 0.3) is 10.0 Å². The normalized spacial score (nSPS) is 23.5. The molecule has 112 valence electrons. The lowest BCUT2D eigenvalue weighted by molar-refractivity contribution is 0.142. The van der Waals surface area contributed by atoms with Crippen LogP contribution in [0.4, 0.5) is 0 Å². The van der Waals surface area contributed by atoms with Gasteiger partial charge in [0.1, 0.15) is 4.21 Å². The molecule has 0 aliphatic carbocycles. The molecular weight excluding hydrogens is 306 g/mol. The monoisotopic (exact) mass is 323 g/mol. The lowest BCUT2D eigenvalue weighted by Gasteiger charge is -2.25. The van der Waals surface area contributed by atoms with Gasteiger partial charge in [-0.3, -0.25) is 0 Å². The minimum Gasteiger partial charge on any atom is -0.391 e. The molecule has 2 aromatic rings. The van der Waals surface area contributed by atoms with Crippen molar-refractivity contribution in [2.45, 2.75) is 29.2 Å². The van der Waals surface area contributed by atoms with Crippen LogP contribution in [-0.4, -0.2) is 36.5 Å². The van der Waals surface area contributed by atoms with Gasteiger partial charge in [-0.15, -0.1) is 11.3 Å². The average molecular weight is 323 g/mol. The van der Waals surface area contributed by atoms with Crippen LogP contribution in [-0.2, 0) is 16.4 Å². The van der Waals surface area contributed by atoms with Gasteiger partial charge in [0.05, 0.1) is 12.1 Å². The summed E-state index contributed by atoms with van der Waals surface area (Å²) < 4.78 is 27.1. The molecule has 3 rings (SSSR count). The number of benzene rings is 1. The molecule has 0 spiro atoms. The molecule has 2 heterocycles. The second-order valence-electron chi connectivity index (χ2n) is 5.16. The highest BCUT2D eigenvalue weighted by molar-refractivity contribution is 7.91. The number of nitrogens with zero attached hydrogens (tertiary/aromatic N) is 1. The van der Waals surface area contributed by atoms with Crippen molar-refractivity contribution < 1.29 is 13.5 Å². The summed E-state index contributed by atoms with van der Waals surface area (Å²) in [6.45, 7) is 0.374. The second kappa shape index (κ2) is 5.88. The largest absolute Gasteiger partial charge is 0.391 e. The fourth-order valence-corrected chi connectivity index (χ4v) is 5.51. The Kier molecular flexibility index (Phi) is 4.12. The molecule has 1 aliphatic heterocycles. The minimum absolute atomic E-state index is 0.342. The maximum Gasteiger partial charge on any atom is 0.252 e. The van der Waals surface area contributed by atoms with E-state index >= 15 is 0 Å². The second-order valence-corrected chi connectivity index (χ2v) is 8.23. The van der Waals surface area contributed by atoms with Gasteiger partial charge >= 0.3 is 0 Å². The summed E-state index contributed by atoms with van der Waals surface area (Å²) in [5.74, 6) is 0. The van der Waals surface area contributed by atoms with Crippen molar-refractivity contribution in [2.75, 3.05) is 6.54 Å². The van der Waals surface area contributed by atoms with Crippen LogP contribution in [0.3, 0.4) is 0 Å². The SMILES string of the molecule is O=S(=O)(c1cccs1)N1CC[C@H](O)[C@@H]1Cc1ccccc1. The van der Waals surface area contributed by atoms with E-state index in [9.17, 15) is 13.5 Å². The van der Waals surface area contributed by atoms with Crippen molar-refractivity contribution in [3.05, 3.63) is 53.4 Å². The molecule has 0 unspecified atom stereocenters. The Labute approximate surface area is 128 Å². The highest BCUT2D eigenvalue weighted by atomic mass is 32.2. The average Bonchev–Trinajstić information content (AvgIpc) is 3.12. The number of aliphatic hydroxyl groups excluding tert-OH is 1. The first-order valence-electron chi connectivity index (χ1n) is 6.86. The highest BCUT2D eigenvalue weighted by Crippen LogP contribution is 2.30. The molecule has 1 saturated heterocycles. The third-order valence-electron chi connectivity index (χ3n) is 3.81. The molecule has 0 amide bonds. The number of sulfonamides is 1. The number of aliphatic hydroxyl groups is 1. The Morgan fingerprint density at radius 3 is 2.62 bits per heavy atom. The van der Waals surface area contributed by atoms with Gasteiger partial charge in [0.15, 0.2) is 0 Å². The third kappa shape index (κ3) is 2.89. The zero-order valence-corrected chi connectivity index (χ0v) is 13.1. The molecule has 1 aliphatic rings. The van der Waals surface area contributed by atoms with Crippen LogP contribution in [0.2, 0.25) is 0 Å². The number of hydrogen-bond acceptors (Lipinski definition) is 4. The number of hydrogen-bond donors (Lipinski definition) is 1. The van der Waals surface area contributed by atoms with Crippen LogP contribution < -0.4 is 0 Å².